The average molecular weight is 285 g/mol. The molecule has 0 aliphatic carbocycles. The molecule has 0 aromatic rings. The molecule has 0 amide bonds. The second-order valence-corrected chi connectivity index (χ2v) is 7.66. The Morgan fingerprint density at radius 2 is 2.05 bits per heavy atom. The van der Waals surface area contributed by atoms with E-state index in [-0.39, 0.29) is 5.60 Å². The van der Waals surface area contributed by atoms with E-state index in [1.165, 1.54) is 43.6 Å². The molecule has 110 valence electrons. The Labute approximate surface area is 121 Å². The first kappa shape index (κ1) is 14.2. The molecule has 3 heterocycles. The third kappa shape index (κ3) is 3.46. The van der Waals surface area contributed by atoms with Crippen molar-refractivity contribution in [2.24, 2.45) is 11.7 Å². The van der Waals surface area contributed by atoms with E-state index in [0.717, 1.165) is 26.1 Å². The van der Waals surface area contributed by atoms with E-state index in [1.54, 1.807) is 0 Å². The van der Waals surface area contributed by atoms with E-state index in [0.29, 0.717) is 18.1 Å². The summed E-state index contributed by atoms with van der Waals surface area (Å²) >= 11 is 2.07. The highest BCUT2D eigenvalue weighted by atomic mass is 32.2. The van der Waals surface area contributed by atoms with Gasteiger partial charge in [0.1, 0.15) is 0 Å². The molecule has 2 N–H and O–H groups in total. The van der Waals surface area contributed by atoms with Gasteiger partial charge in [0.05, 0.1) is 11.7 Å². The average Bonchev–Trinajstić information content (AvgIpc) is 2.92. The van der Waals surface area contributed by atoms with Gasteiger partial charge < -0.3 is 15.2 Å². The maximum atomic E-state index is 6.48. The lowest BCUT2D eigenvalue weighted by molar-refractivity contribution is -0.107. The highest BCUT2D eigenvalue weighted by Gasteiger charge is 2.40. The summed E-state index contributed by atoms with van der Waals surface area (Å²) in [5.41, 5.74) is 6.65. The number of rotatable bonds is 3. The lowest BCUT2D eigenvalue weighted by Gasteiger charge is -2.45. The van der Waals surface area contributed by atoms with Crippen molar-refractivity contribution in [2.75, 3.05) is 24.7 Å². The molecule has 3 rings (SSSR count). The van der Waals surface area contributed by atoms with Crippen molar-refractivity contribution >= 4 is 11.8 Å². The van der Waals surface area contributed by atoms with E-state index in [1.807, 2.05) is 0 Å². The number of ether oxygens (including phenoxy) is 2. The van der Waals surface area contributed by atoms with Crippen LogP contribution < -0.4 is 5.73 Å². The molecular formula is C15H27NO2S. The fourth-order valence-corrected chi connectivity index (χ4v) is 5.09. The second kappa shape index (κ2) is 6.33. The van der Waals surface area contributed by atoms with E-state index in [4.69, 9.17) is 15.2 Å². The van der Waals surface area contributed by atoms with Gasteiger partial charge in [-0.05, 0) is 62.4 Å². The summed E-state index contributed by atoms with van der Waals surface area (Å²) < 4.78 is 11.9. The third-order valence-electron chi connectivity index (χ3n) is 5.10. The molecule has 3 unspecified atom stereocenters. The van der Waals surface area contributed by atoms with Crippen LogP contribution in [0.25, 0.3) is 0 Å². The van der Waals surface area contributed by atoms with Gasteiger partial charge in [0.2, 0.25) is 0 Å². The Morgan fingerprint density at radius 3 is 2.79 bits per heavy atom. The molecule has 3 saturated heterocycles. The van der Waals surface area contributed by atoms with E-state index in [9.17, 15) is 0 Å². The minimum atomic E-state index is 0.169. The summed E-state index contributed by atoms with van der Waals surface area (Å²) in [6.45, 7) is 1.85. The van der Waals surface area contributed by atoms with E-state index >= 15 is 0 Å². The molecule has 3 fully saturated rings. The third-order valence-corrected chi connectivity index (χ3v) is 6.09. The SMILES string of the molecule is NC(CC1CCCO1)C1CCOC2(CCSCC2)C1. The molecule has 3 aliphatic rings. The van der Waals surface area contributed by atoms with E-state index < -0.39 is 0 Å². The minimum absolute atomic E-state index is 0.169. The fraction of sp³-hybridized carbons (Fsp3) is 1.00. The van der Waals surface area contributed by atoms with Gasteiger partial charge in [0, 0.05) is 19.3 Å². The molecule has 3 aliphatic heterocycles. The first-order valence-corrected chi connectivity index (χ1v) is 9.02. The topological polar surface area (TPSA) is 44.5 Å². The molecule has 4 heteroatoms. The predicted molar refractivity (Wildman–Crippen MR) is 79.5 cm³/mol. The molecular weight excluding hydrogens is 258 g/mol. The van der Waals surface area contributed by atoms with Crippen molar-refractivity contribution in [2.45, 2.75) is 62.7 Å². The monoisotopic (exact) mass is 285 g/mol. The summed E-state index contributed by atoms with van der Waals surface area (Å²) in [5, 5.41) is 0. The Balaban J connectivity index is 1.54. The molecule has 19 heavy (non-hydrogen) atoms. The van der Waals surface area contributed by atoms with Gasteiger partial charge in [-0.2, -0.15) is 11.8 Å². The van der Waals surface area contributed by atoms with Gasteiger partial charge in [0.25, 0.3) is 0 Å². The Kier molecular flexibility index (Phi) is 4.73. The van der Waals surface area contributed by atoms with Crippen LogP contribution >= 0.6 is 11.8 Å². The highest BCUT2D eigenvalue weighted by Crippen LogP contribution is 2.41. The Hall–Kier alpha value is 0.230. The van der Waals surface area contributed by atoms with Crippen LogP contribution in [0.4, 0.5) is 0 Å². The van der Waals surface area contributed by atoms with E-state index in [2.05, 4.69) is 11.8 Å². The lowest BCUT2D eigenvalue weighted by Crippen LogP contribution is -2.47. The van der Waals surface area contributed by atoms with Crippen LogP contribution in [0.2, 0.25) is 0 Å². The fourth-order valence-electron chi connectivity index (χ4n) is 3.85. The predicted octanol–water partition coefficient (Wildman–Crippen LogP) is 2.58. The van der Waals surface area contributed by atoms with Crippen LogP contribution in [0.1, 0.15) is 44.9 Å². The maximum absolute atomic E-state index is 6.48. The minimum Gasteiger partial charge on any atom is -0.378 e. The zero-order chi connectivity index (χ0) is 13.1. The van der Waals surface area contributed by atoms with Crippen molar-refractivity contribution < 1.29 is 9.47 Å². The number of nitrogens with two attached hydrogens (primary N) is 1. The number of thioether (sulfide) groups is 1. The smallest absolute Gasteiger partial charge is 0.0701 e. The van der Waals surface area contributed by atoms with Crippen LogP contribution in [-0.4, -0.2) is 42.5 Å². The zero-order valence-corrected chi connectivity index (χ0v) is 12.6. The summed E-state index contributed by atoms with van der Waals surface area (Å²) in [7, 11) is 0. The summed E-state index contributed by atoms with van der Waals surface area (Å²) in [6.07, 6.45) is 8.67. The lowest BCUT2D eigenvalue weighted by atomic mass is 9.77. The van der Waals surface area contributed by atoms with Crippen LogP contribution in [0.5, 0.6) is 0 Å². The van der Waals surface area contributed by atoms with Crippen LogP contribution in [0, 0.1) is 5.92 Å². The van der Waals surface area contributed by atoms with Crippen molar-refractivity contribution in [3.63, 3.8) is 0 Å². The first-order valence-electron chi connectivity index (χ1n) is 7.86. The first-order chi connectivity index (χ1) is 9.27. The highest BCUT2D eigenvalue weighted by molar-refractivity contribution is 7.99. The number of hydrogen-bond acceptors (Lipinski definition) is 4. The van der Waals surface area contributed by atoms with Crippen molar-refractivity contribution in [3.8, 4) is 0 Å². The van der Waals surface area contributed by atoms with Crippen LogP contribution in [-0.2, 0) is 9.47 Å². The van der Waals surface area contributed by atoms with Gasteiger partial charge in [-0.25, -0.2) is 0 Å². The normalized spacial score (nSPS) is 36.5. The largest absolute Gasteiger partial charge is 0.378 e. The zero-order valence-electron chi connectivity index (χ0n) is 11.8. The number of hydrogen-bond donors (Lipinski definition) is 1. The molecule has 1 spiro atoms. The van der Waals surface area contributed by atoms with Crippen molar-refractivity contribution in [1.29, 1.82) is 0 Å². The van der Waals surface area contributed by atoms with Crippen LogP contribution in [0.15, 0.2) is 0 Å². The molecule has 0 aromatic heterocycles. The van der Waals surface area contributed by atoms with Crippen molar-refractivity contribution in [1.82, 2.24) is 0 Å². The van der Waals surface area contributed by atoms with Crippen LogP contribution in [0.3, 0.4) is 0 Å². The summed E-state index contributed by atoms with van der Waals surface area (Å²) in [4.78, 5) is 0. The molecule has 0 radical (unpaired) electrons. The quantitative estimate of drug-likeness (QED) is 0.865. The maximum Gasteiger partial charge on any atom is 0.0701 e. The van der Waals surface area contributed by atoms with Gasteiger partial charge in [-0.1, -0.05) is 0 Å². The summed E-state index contributed by atoms with van der Waals surface area (Å²) in [6, 6.07) is 0.304. The Morgan fingerprint density at radius 1 is 1.21 bits per heavy atom. The standard InChI is InChI=1S/C15H27NO2S/c16-14(10-13-2-1-6-17-13)12-3-7-18-15(11-12)4-8-19-9-5-15/h12-14H,1-11,16H2. The molecule has 0 saturated carbocycles. The van der Waals surface area contributed by atoms with Gasteiger partial charge in [0.15, 0.2) is 0 Å². The second-order valence-electron chi connectivity index (χ2n) is 6.43. The van der Waals surface area contributed by atoms with Gasteiger partial charge in [-0.3, -0.25) is 0 Å². The van der Waals surface area contributed by atoms with Gasteiger partial charge >= 0.3 is 0 Å². The Bertz CT molecular complexity index is 282. The molecule has 3 nitrogen and oxygen atoms in total. The molecule has 0 aromatic carbocycles. The summed E-state index contributed by atoms with van der Waals surface area (Å²) in [5.74, 6) is 3.16. The molecule has 3 atom stereocenters. The molecule has 0 bridgehead atoms. The van der Waals surface area contributed by atoms with Gasteiger partial charge in [-0.15, -0.1) is 0 Å². The van der Waals surface area contributed by atoms with Crippen molar-refractivity contribution in [3.05, 3.63) is 0 Å².